The van der Waals surface area contributed by atoms with Crippen molar-refractivity contribution in [1.82, 2.24) is 9.78 Å². The maximum Gasteiger partial charge on any atom is 0.141 e. The summed E-state index contributed by atoms with van der Waals surface area (Å²) in [5.41, 5.74) is 2.79. The monoisotopic (exact) mass is 266 g/mol. The lowest BCUT2D eigenvalue weighted by Gasteiger charge is -2.02. The van der Waals surface area contributed by atoms with Crippen molar-refractivity contribution in [3.8, 4) is 11.4 Å². The van der Waals surface area contributed by atoms with E-state index in [9.17, 15) is 5.11 Å². The maximum atomic E-state index is 9.66. The van der Waals surface area contributed by atoms with Crippen molar-refractivity contribution in [2.24, 2.45) is 0 Å². The van der Waals surface area contributed by atoms with E-state index in [0.29, 0.717) is 5.69 Å². The summed E-state index contributed by atoms with van der Waals surface area (Å²) >= 11 is 3.40. The van der Waals surface area contributed by atoms with Gasteiger partial charge in [-0.3, -0.25) is 0 Å². The van der Waals surface area contributed by atoms with Crippen molar-refractivity contribution in [1.29, 1.82) is 0 Å². The first-order valence-electron chi connectivity index (χ1n) is 4.62. The highest BCUT2D eigenvalue weighted by Gasteiger charge is 2.07. The first kappa shape index (κ1) is 10.2. The number of aryl methyl sites for hydroxylation is 1. The van der Waals surface area contributed by atoms with Gasteiger partial charge in [-0.1, -0.05) is 28.1 Å². The van der Waals surface area contributed by atoms with Crippen LogP contribution in [-0.4, -0.2) is 14.9 Å². The SMILES string of the molecule is Cc1nn(-c2ccccc2O)cc1CBr. The molecule has 4 heteroatoms. The van der Waals surface area contributed by atoms with Gasteiger partial charge in [0.25, 0.3) is 0 Å². The van der Waals surface area contributed by atoms with Gasteiger partial charge in [0.1, 0.15) is 11.4 Å². The largest absolute Gasteiger partial charge is 0.506 e. The zero-order valence-corrected chi connectivity index (χ0v) is 9.90. The Bertz CT molecular complexity index is 479. The molecule has 3 nitrogen and oxygen atoms in total. The lowest BCUT2D eigenvalue weighted by molar-refractivity contribution is 0.470. The Balaban J connectivity index is 2.50. The van der Waals surface area contributed by atoms with Gasteiger partial charge in [0.15, 0.2) is 0 Å². The summed E-state index contributed by atoms with van der Waals surface area (Å²) in [6, 6.07) is 7.15. The molecule has 1 aromatic heterocycles. The fourth-order valence-electron chi connectivity index (χ4n) is 1.41. The minimum absolute atomic E-state index is 0.237. The molecule has 78 valence electrons. The third-order valence-electron chi connectivity index (χ3n) is 2.27. The van der Waals surface area contributed by atoms with Crippen molar-refractivity contribution < 1.29 is 5.11 Å². The molecular weight excluding hydrogens is 256 g/mol. The summed E-state index contributed by atoms with van der Waals surface area (Å²) in [5, 5.41) is 14.8. The number of alkyl halides is 1. The average Bonchev–Trinajstić information content (AvgIpc) is 2.60. The molecule has 0 fully saturated rings. The van der Waals surface area contributed by atoms with Gasteiger partial charge in [0.2, 0.25) is 0 Å². The second kappa shape index (κ2) is 4.06. The van der Waals surface area contributed by atoms with Gasteiger partial charge in [-0.05, 0) is 19.1 Å². The molecule has 0 aliphatic carbocycles. The molecule has 0 atom stereocenters. The zero-order valence-electron chi connectivity index (χ0n) is 8.31. The van der Waals surface area contributed by atoms with Crippen LogP contribution in [0.5, 0.6) is 5.75 Å². The summed E-state index contributed by atoms with van der Waals surface area (Å²) in [5.74, 6) is 0.237. The Morgan fingerprint density at radius 3 is 2.73 bits per heavy atom. The molecule has 0 amide bonds. The van der Waals surface area contributed by atoms with E-state index < -0.39 is 0 Å². The van der Waals surface area contributed by atoms with E-state index in [2.05, 4.69) is 21.0 Å². The molecule has 1 aromatic carbocycles. The third kappa shape index (κ3) is 1.90. The highest BCUT2D eigenvalue weighted by atomic mass is 79.9. The Hall–Kier alpha value is -1.29. The van der Waals surface area contributed by atoms with E-state index in [1.165, 1.54) is 0 Å². The average molecular weight is 267 g/mol. The van der Waals surface area contributed by atoms with Gasteiger partial charge < -0.3 is 5.11 Å². The van der Waals surface area contributed by atoms with E-state index >= 15 is 0 Å². The third-order valence-corrected chi connectivity index (χ3v) is 2.88. The molecular formula is C11H11BrN2O. The van der Waals surface area contributed by atoms with Crippen LogP contribution in [0.2, 0.25) is 0 Å². The van der Waals surface area contributed by atoms with Crippen LogP contribution >= 0.6 is 15.9 Å². The topological polar surface area (TPSA) is 38.0 Å². The summed E-state index contributed by atoms with van der Waals surface area (Å²) in [7, 11) is 0. The van der Waals surface area contributed by atoms with E-state index in [4.69, 9.17) is 0 Å². The molecule has 1 N–H and O–H groups in total. The van der Waals surface area contributed by atoms with E-state index in [0.717, 1.165) is 16.6 Å². The van der Waals surface area contributed by atoms with Gasteiger partial charge >= 0.3 is 0 Å². The maximum absolute atomic E-state index is 9.66. The number of rotatable bonds is 2. The molecule has 0 unspecified atom stereocenters. The number of halogens is 1. The molecule has 0 radical (unpaired) electrons. The Morgan fingerprint density at radius 1 is 1.40 bits per heavy atom. The predicted molar refractivity (Wildman–Crippen MR) is 62.6 cm³/mol. The summed E-state index contributed by atoms with van der Waals surface area (Å²) in [6.07, 6.45) is 1.92. The van der Waals surface area contributed by atoms with Crippen LogP contribution in [0.4, 0.5) is 0 Å². The lowest BCUT2D eigenvalue weighted by atomic mass is 10.3. The highest BCUT2D eigenvalue weighted by molar-refractivity contribution is 9.08. The second-order valence-electron chi connectivity index (χ2n) is 3.31. The van der Waals surface area contributed by atoms with Gasteiger partial charge in [-0.2, -0.15) is 5.10 Å². The number of benzene rings is 1. The van der Waals surface area contributed by atoms with Crippen LogP contribution in [0.3, 0.4) is 0 Å². The Morgan fingerprint density at radius 2 is 2.13 bits per heavy atom. The number of para-hydroxylation sites is 2. The van der Waals surface area contributed by atoms with E-state index in [1.807, 2.05) is 25.3 Å². The van der Waals surface area contributed by atoms with Crippen LogP contribution in [0.15, 0.2) is 30.5 Å². The zero-order chi connectivity index (χ0) is 10.8. The number of nitrogens with zero attached hydrogens (tertiary/aromatic N) is 2. The highest BCUT2D eigenvalue weighted by Crippen LogP contribution is 2.21. The van der Waals surface area contributed by atoms with E-state index in [-0.39, 0.29) is 5.75 Å². The summed E-state index contributed by atoms with van der Waals surface area (Å²) in [4.78, 5) is 0. The van der Waals surface area contributed by atoms with Gasteiger partial charge in [0, 0.05) is 17.1 Å². The molecule has 0 bridgehead atoms. The number of aromatic nitrogens is 2. The molecule has 0 saturated carbocycles. The normalized spacial score (nSPS) is 10.5. The Labute approximate surface area is 96.5 Å². The van der Waals surface area contributed by atoms with Crippen molar-refractivity contribution in [2.45, 2.75) is 12.3 Å². The lowest BCUT2D eigenvalue weighted by Crippen LogP contribution is -1.94. The number of hydrogen-bond acceptors (Lipinski definition) is 2. The van der Waals surface area contributed by atoms with Gasteiger partial charge in [0.05, 0.1) is 5.69 Å². The van der Waals surface area contributed by atoms with Crippen LogP contribution in [0.1, 0.15) is 11.3 Å². The van der Waals surface area contributed by atoms with Gasteiger partial charge in [-0.25, -0.2) is 4.68 Å². The van der Waals surface area contributed by atoms with Crippen LogP contribution in [-0.2, 0) is 5.33 Å². The fourth-order valence-corrected chi connectivity index (χ4v) is 1.96. The van der Waals surface area contributed by atoms with Crippen LogP contribution in [0.25, 0.3) is 5.69 Å². The predicted octanol–water partition coefficient (Wildman–Crippen LogP) is 2.78. The van der Waals surface area contributed by atoms with Crippen LogP contribution in [0, 0.1) is 6.92 Å². The van der Waals surface area contributed by atoms with Crippen molar-refractivity contribution in [2.75, 3.05) is 0 Å². The molecule has 15 heavy (non-hydrogen) atoms. The van der Waals surface area contributed by atoms with Crippen molar-refractivity contribution in [3.63, 3.8) is 0 Å². The first-order chi connectivity index (χ1) is 7.22. The number of phenolic OH excluding ortho intramolecular Hbond substituents is 1. The van der Waals surface area contributed by atoms with Gasteiger partial charge in [-0.15, -0.1) is 0 Å². The molecule has 0 saturated heterocycles. The number of aromatic hydroxyl groups is 1. The minimum Gasteiger partial charge on any atom is -0.506 e. The molecule has 0 spiro atoms. The first-order valence-corrected chi connectivity index (χ1v) is 5.74. The second-order valence-corrected chi connectivity index (χ2v) is 3.87. The molecule has 1 heterocycles. The molecule has 2 rings (SSSR count). The summed E-state index contributed by atoms with van der Waals surface area (Å²) < 4.78 is 1.70. The smallest absolute Gasteiger partial charge is 0.141 e. The molecule has 0 aliphatic heterocycles. The van der Waals surface area contributed by atoms with E-state index in [1.54, 1.807) is 16.8 Å². The summed E-state index contributed by atoms with van der Waals surface area (Å²) in [6.45, 7) is 1.95. The molecule has 0 aliphatic rings. The quantitative estimate of drug-likeness (QED) is 0.849. The van der Waals surface area contributed by atoms with Crippen molar-refractivity contribution >= 4 is 15.9 Å². The van der Waals surface area contributed by atoms with Crippen molar-refractivity contribution in [3.05, 3.63) is 41.7 Å². The standard InChI is InChI=1S/C11H11BrN2O/c1-8-9(6-12)7-14(13-8)10-4-2-3-5-11(10)15/h2-5,7,15H,6H2,1H3. The fraction of sp³-hybridized carbons (Fsp3) is 0.182. The van der Waals surface area contributed by atoms with Crippen LogP contribution < -0.4 is 0 Å². The minimum atomic E-state index is 0.237. The Kier molecular flexibility index (Phi) is 2.77. The molecule has 2 aromatic rings. The number of hydrogen-bond donors (Lipinski definition) is 1. The number of phenols is 1.